The number of esters is 1. The molecule has 1 aliphatic heterocycles. The number of carbonyl (C=O) groups excluding carboxylic acids is 1. The lowest BCUT2D eigenvalue weighted by Crippen LogP contribution is -2.21. The van der Waals surface area contributed by atoms with Crippen molar-refractivity contribution >= 4 is 5.97 Å². The molecule has 0 aromatic heterocycles. The van der Waals surface area contributed by atoms with Crippen LogP contribution in [-0.4, -0.2) is 48.8 Å². The van der Waals surface area contributed by atoms with Gasteiger partial charge >= 0.3 is 5.97 Å². The van der Waals surface area contributed by atoms with Gasteiger partial charge in [0, 0.05) is 25.8 Å². The van der Waals surface area contributed by atoms with E-state index in [1.54, 1.807) is 6.92 Å². The molecule has 0 amide bonds. The molecule has 1 heterocycles. The van der Waals surface area contributed by atoms with E-state index in [2.05, 4.69) is 4.90 Å². The van der Waals surface area contributed by atoms with Crippen LogP contribution in [0.15, 0.2) is 12.2 Å². The monoisotopic (exact) mass is 227 g/mol. The summed E-state index contributed by atoms with van der Waals surface area (Å²) in [5.41, 5.74) is 0. The van der Waals surface area contributed by atoms with Crippen LogP contribution in [0.4, 0.5) is 0 Å². The second-order valence-electron chi connectivity index (χ2n) is 4.08. The Hall–Kier alpha value is -0.870. The molecule has 1 rings (SSSR count). The molecule has 0 aromatic carbocycles. The molecule has 0 radical (unpaired) electrons. The van der Waals surface area contributed by atoms with E-state index in [9.17, 15) is 4.79 Å². The Balaban J connectivity index is 2.17. The van der Waals surface area contributed by atoms with E-state index >= 15 is 0 Å². The Kier molecular flexibility index (Phi) is 6.11. The Bertz CT molecular complexity index is 240. The van der Waals surface area contributed by atoms with E-state index in [1.807, 2.05) is 6.08 Å². The maximum Gasteiger partial charge on any atom is 0.330 e. The first-order valence-corrected chi connectivity index (χ1v) is 5.92. The van der Waals surface area contributed by atoms with Gasteiger partial charge < -0.3 is 9.84 Å². The van der Waals surface area contributed by atoms with Crippen molar-refractivity contribution in [3.05, 3.63) is 12.2 Å². The smallest absolute Gasteiger partial charge is 0.330 e. The lowest BCUT2D eigenvalue weighted by molar-refractivity contribution is -0.137. The number of hydrogen-bond acceptors (Lipinski definition) is 4. The lowest BCUT2D eigenvalue weighted by atomic mass is 10.1. The highest BCUT2D eigenvalue weighted by Crippen LogP contribution is 2.18. The average Bonchev–Trinajstić information content (AvgIpc) is 2.67. The molecule has 4 nitrogen and oxygen atoms in total. The fraction of sp³-hybridized carbons (Fsp3) is 0.750. The summed E-state index contributed by atoms with van der Waals surface area (Å²) in [5, 5.41) is 8.83. The molecule has 92 valence electrons. The zero-order valence-corrected chi connectivity index (χ0v) is 9.89. The van der Waals surface area contributed by atoms with Gasteiger partial charge in [-0.2, -0.15) is 0 Å². The van der Waals surface area contributed by atoms with Crippen LogP contribution in [0.25, 0.3) is 0 Å². The highest BCUT2D eigenvalue weighted by molar-refractivity contribution is 5.81. The number of rotatable bonds is 6. The van der Waals surface area contributed by atoms with E-state index < -0.39 is 0 Å². The summed E-state index contributed by atoms with van der Waals surface area (Å²) in [6.07, 6.45) is 5.37. The van der Waals surface area contributed by atoms with Crippen molar-refractivity contribution in [1.82, 2.24) is 4.90 Å². The second kappa shape index (κ2) is 7.41. The van der Waals surface area contributed by atoms with Crippen molar-refractivity contribution in [3.63, 3.8) is 0 Å². The molecule has 0 bridgehead atoms. The van der Waals surface area contributed by atoms with Crippen LogP contribution in [0.2, 0.25) is 0 Å². The van der Waals surface area contributed by atoms with Gasteiger partial charge in [-0.3, -0.25) is 4.90 Å². The van der Waals surface area contributed by atoms with Crippen molar-refractivity contribution < 1.29 is 14.6 Å². The highest BCUT2D eigenvalue weighted by atomic mass is 16.5. The molecule has 4 heteroatoms. The minimum absolute atomic E-state index is 0.270. The van der Waals surface area contributed by atoms with Gasteiger partial charge in [-0.25, -0.2) is 4.79 Å². The second-order valence-corrected chi connectivity index (χ2v) is 4.08. The third kappa shape index (κ3) is 4.77. The highest BCUT2D eigenvalue weighted by Gasteiger charge is 2.20. The molecule has 1 unspecified atom stereocenters. The summed E-state index contributed by atoms with van der Waals surface area (Å²) in [4.78, 5) is 13.3. The van der Waals surface area contributed by atoms with Gasteiger partial charge in [-0.1, -0.05) is 6.08 Å². The molecule has 1 fully saturated rings. The molecular formula is C12H21NO3. The molecule has 16 heavy (non-hydrogen) atoms. The Morgan fingerprint density at radius 3 is 3.12 bits per heavy atom. The number of ether oxygens (including phenoxy) is 1. The van der Waals surface area contributed by atoms with Crippen LogP contribution in [0.1, 0.15) is 19.8 Å². The van der Waals surface area contributed by atoms with E-state index in [0.29, 0.717) is 12.5 Å². The zero-order chi connectivity index (χ0) is 11.8. The molecule has 0 aromatic rings. The summed E-state index contributed by atoms with van der Waals surface area (Å²) in [7, 11) is 0. The summed E-state index contributed by atoms with van der Waals surface area (Å²) in [5.74, 6) is 0.342. The van der Waals surface area contributed by atoms with Crippen molar-refractivity contribution in [2.45, 2.75) is 19.8 Å². The normalized spacial score (nSPS) is 21.8. The first-order chi connectivity index (χ1) is 7.76. The van der Waals surface area contributed by atoms with Crippen molar-refractivity contribution in [2.75, 3.05) is 32.8 Å². The zero-order valence-electron chi connectivity index (χ0n) is 9.89. The average molecular weight is 227 g/mol. The van der Waals surface area contributed by atoms with Crippen LogP contribution in [0.5, 0.6) is 0 Å². The summed E-state index contributed by atoms with van der Waals surface area (Å²) in [6.45, 7) is 5.36. The van der Waals surface area contributed by atoms with Crippen molar-refractivity contribution in [2.24, 2.45) is 5.92 Å². The van der Waals surface area contributed by atoms with Crippen LogP contribution >= 0.6 is 0 Å². The maximum absolute atomic E-state index is 11.0. The minimum atomic E-state index is -0.270. The number of likely N-dealkylation sites (tertiary alicyclic amines) is 1. The quantitative estimate of drug-likeness (QED) is 0.539. The molecule has 1 atom stereocenters. The van der Waals surface area contributed by atoms with Crippen LogP contribution in [0, 0.1) is 5.92 Å². The predicted octanol–water partition coefficient (Wildman–Crippen LogP) is 0.810. The SMILES string of the molecule is CCOC(=O)/C=C/CN1CCC(CCO)C1. The third-order valence-corrected chi connectivity index (χ3v) is 2.81. The van der Waals surface area contributed by atoms with Gasteiger partial charge in [-0.05, 0) is 32.2 Å². The molecular weight excluding hydrogens is 206 g/mol. The Morgan fingerprint density at radius 2 is 2.44 bits per heavy atom. The molecule has 1 N–H and O–H groups in total. The number of aliphatic hydroxyl groups excluding tert-OH is 1. The first-order valence-electron chi connectivity index (χ1n) is 5.92. The number of carbonyl (C=O) groups is 1. The summed E-state index contributed by atoms with van der Waals surface area (Å²) >= 11 is 0. The molecule has 1 aliphatic rings. The van der Waals surface area contributed by atoms with E-state index in [0.717, 1.165) is 32.5 Å². The van der Waals surface area contributed by atoms with Gasteiger partial charge in [-0.15, -0.1) is 0 Å². The summed E-state index contributed by atoms with van der Waals surface area (Å²) < 4.78 is 4.79. The first kappa shape index (κ1) is 13.2. The van der Waals surface area contributed by atoms with Gasteiger partial charge in [0.1, 0.15) is 0 Å². The van der Waals surface area contributed by atoms with Gasteiger partial charge in [0.05, 0.1) is 6.61 Å². The molecule has 0 saturated carbocycles. The molecule has 0 aliphatic carbocycles. The largest absolute Gasteiger partial charge is 0.463 e. The lowest BCUT2D eigenvalue weighted by Gasteiger charge is -2.12. The predicted molar refractivity (Wildman–Crippen MR) is 62.0 cm³/mol. The fourth-order valence-electron chi connectivity index (χ4n) is 1.99. The van der Waals surface area contributed by atoms with Crippen molar-refractivity contribution in [1.29, 1.82) is 0 Å². The molecule has 1 saturated heterocycles. The van der Waals surface area contributed by atoms with E-state index in [1.165, 1.54) is 6.08 Å². The summed E-state index contributed by atoms with van der Waals surface area (Å²) in [6, 6.07) is 0. The molecule has 0 spiro atoms. The van der Waals surface area contributed by atoms with Gasteiger partial charge in [0.25, 0.3) is 0 Å². The van der Waals surface area contributed by atoms with E-state index in [-0.39, 0.29) is 12.6 Å². The van der Waals surface area contributed by atoms with Gasteiger partial charge in [0.15, 0.2) is 0 Å². The van der Waals surface area contributed by atoms with Crippen LogP contribution < -0.4 is 0 Å². The number of aliphatic hydroxyl groups is 1. The maximum atomic E-state index is 11.0. The third-order valence-electron chi connectivity index (χ3n) is 2.81. The standard InChI is InChI=1S/C12H21NO3/c1-2-16-12(15)4-3-7-13-8-5-11(10-13)6-9-14/h3-4,11,14H,2,5-10H2,1H3/b4-3+. The van der Waals surface area contributed by atoms with E-state index in [4.69, 9.17) is 9.84 Å². The van der Waals surface area contributed by atoms with Gasteiger partial charge in [0.2, 0.25) is 0 Å². The van der Waals surface area contributed by atoms with Crippen LogP contribution in [0.3, 0.4) is 0 Å². The fourth-order valence-corrected chi connectivity index (χ4v) is 1.99. The number of nitrogens with zero attached hydrogens (tertiary/aromatic N) is 1. The van der Waals surface area contributed by atoms with Crippen molar-refractivity contribution in [3.8, 4) is 0 Å². The topological polar surface area (TPSA) is 49.8 Å². The minimum Gasteiger partial charge on any atom is -0.463 e. The number of hydrogen-bond donors (Lipinski definition) is 1. The van der Waals surface area contributed by atoms with Crippen LogP contribution in [-0.2, 0) is 9.53 Å². The Labute approximate surface area is 96.9 Å². The Morgan fingerprint density at radius 1 is 1.62 bits per heavy atom.